The average Bonchev–Trinajstić information content (AvgIpc) is 2.83. The number of nitrogens with one attached hydrogen (secondary N) is 1. The number of aromatic hydroxyl groups is 2. The zero-order valence-electron chi connectivity index (χ0n) is 11.0. The van der Waals surface area contributed by atoms with Crippen LogP contribution in [0.3, 0.4) is 0 Å². The third kappa shape index (κ3) is 1.75. The highest BCUT2D eigenvalue weighted by Crippen LogP contribution is 2.33. The van der Waals surface area contributed by atoms with Crippen molar-refractivity contribution >= 4 is 11.0 Å². The van der Waals surface area contributed by atoms with Gasteiger partial charge in [0.2, 0.25) is 0 Å². The van der Waals surface area contributed by atoms with Crippen LogP contribution in [-0.4, -0.2) is 15.2 Å². The van der Waals surface area contributed by atoms with Gasteiger partial charge in [0.15, 0.2) is 5.76 Å². The summed E-state index contributed by atoms with van der Waals surface area (Å²) in [6.07, 6.45) is 0. The monoisotopic (exact) mass is 271 g/mol. The molecule has 0 bridgehead atoms. The number of benzene rings is 1. The van der Waals surface area contributed by atoms with Gasteiger partial charge in [-0.15, -0.1) is 0 Å². The number of phenols is 1. The molecule has 5 nitrogen and oxygen atoms in total. The Hall–Kier alpha value is -2.69. The molecule has 0 aliphatic rings. The van der Waals surface area contributed by atoms with Crippen LogP contribution in [-0.2, 0) is 0 Å². The molecule has 3 rings (SSSR count). The Morgan fingerprint density at radius 3 is 2.60 bits per heavy atom. The van der Waals surface area contributed by atoms with Crippen molar-refractivity contribution in [1.82, 2.24) is 4.98 Å². The summed E-state index contributed by atoms with van der Waals surface area (Å²) in [5.41, 5.74) is 1.50. The van der Waals surface area contributed by atoms with Gasteiger partial charge in [-0.25, -0.2) is 0 Å². The minimum Gasteiger partial charge on any atom is -0.508 e. The number of aromatic nitrogens is 1. The third-order valence-electron chi connectivity index (χ3n) is 3.41. The molecule has 0 aliphatic heterocycles. The Morgan fingerprint density at radius 1 is 1.10 bits per heavy atom. The summed E-state index contributed by atoms with van der Waals surface area (Å²) < 4.78 is 5.65. The molecule has 0 unspecified atom stereocenters. The highest BCUT2D eigenvalue weighted by Gasteiger charge is 2.15. The van der Waals surface area contributed by atoms with Gasteiger partial charge in [-0.3, -0.25) is 4.79 Å². The molecule has 20 heavy (non-hydrogen) atoms. The summed E-state index contributed by atoms with van der Waals surface area (Å²) in [6.45, 7) is 3.26. The number of phenolic OH excluding ortho intramolecular Hbond substituents is 1. The summed E-state index contributed by atoms with van der Waals surface area (Å²) in [5, 5.41) is 20.1. The van der Waals surface area contributed by atoms with Gasteiger partial charge in [-0.05, 0) is 38.1 Å². The fourth-order valence-electron chi connectivity index (χ4n) is 2.21. The molecule has 0 radical (unpaired) electrons. The molecule has 2 aromatic heterocycles. The fourth-order valence-corrected chi connectivity index (χ4v) is 2.21. The van der Waals surface area contributed by atoms with Gasteiger partial charge in [0, 0.05) is 10.9 Å². The van der Waals surface area contributed by atoms with E-state index in [0.29, 0.717) is 22.6 Å². The summed E-state index contributed by atoms with van der Waals surface area (Å²) in [5.74, 6) is 0.546. The van der Waals surface area contributed by atoms with E-state index in [1.54, 1.807) is 32.0 Å². The highest BCUT2D eigenvalue weighted by atomic mass is 16.3. The van der Waals surface area contributed by atoms with E-state index in [4.69, 9.17) is 4.42 Å². The Kier molecular flexibility index (Phi) is 2.57. The van der Waals surface area contributed by atoms with Crippen molar-refractivity contribution in [2.24, 2.45) is 0 Å². The molecule has 3 N–H and O–H groups in total. The van der Waals surface area contributed by atoms with Crippen LogP contribution >= 0.6 is 0 Å². The Labute approximate surface area is 114 Å². The number of fused-ring (bicyclic) bond motifs is 1. The van der Waals surface area contributed by atoms with Crippen molar-refractivity contribution in [3.8, 4) is 23.0 Å². The molecule has 0 fully saturated rings. The summed E-state index contributed by atoms with van der Waals surface area (Å²) in [6, 6.07) is 6.46. The lowest BCUT2D eigenvalue weighted by molar-refractivity contribution is 0.464. The Morgan fingerprint density at radius 2 is 1.85 bits per heavy atom. The molecule has 3 aromatic rings. The SMILES string of the molecule is Cc1c(-c2cc3cc(O)ccc3o2)[nH]c(=O)c(C)c1O. The number of hydrogen-bond acceptors (Lipinski definition) is 4. The van der Waals surface area contributed by atoms with Crippen molar-refractivity contribution in [1.29, 1.82) is 0 Å². The van der Waals surface area contributed by atoms with Crippen molar-refractivity contribution < 1.29 is 14.6 Å². The maximum Gasteiger partial charge on any atom is 0.255 e. The van der Waals surface area contributed by atoms with Crippen LogP contribution in [0.5, 0.6) is 11.5 Å². The van der Waals surface area contributed by atoms with Gasteiger partial charge in [-0.1, -0.05) is 0 Å². The standard InChI is InChI=1S/C15H13NO4/c1-7-13(16-15(19)8(2)14(7)18)12-6-9-5-10(17)3-4-11(9)20-12/h3-6,17H,1-2H3,(H2,16,18,19). The number of pyridine rings is 1. The molecule has 0 spiro atoms. The van der Waals surface area contributed by atoms with Gasteiger partial charge in [0.05, 0.1) is 11.3 Å². The fraction of sp³-hybridized carbons (Fsp3) is 0.133. The smallest absolute Gasteiger partial charge is 0.255 e. The molecule has 2 heterocycles. The predicted octanol–water partition coefficient (Wildman–Crippen LogP) is 2.82. The first-order chi connectivity index (χ1) is 9.47. The van der Waals surface area contributed by atoms with Crippen LogP contribution in [0.1, 0.15) is 11.1 Å². The van der Waals surface area contributed by atoms with Gasteiger partial charge in [0.1, 0.15) is 17.1 Å². The second-order valence-electron chi connectivity index (χ2n) is 4.76. The van der Waals surface area contributed by atoms with Crippen LogP contribution in [0, 0.1) is 13.8 Å². The number of furan rings is 1. The molecule has 0 saturated carbocycles. The van der Waals surface area contributed by atoms with Crippen molar-refractivity contribution in [3.05, 3.63) is 45.7 Å². The van der Waals surface area contributed by atoms with E-state index >= 15 is 0 Å². The van der Waals surface area contributed by atoms with Gasteiger partial charge >= 0.3 is 0 Å². The lowest BCUT2D eigenvalue weighted by Gasteiger charge is -2.06. The first kappa shape index (κ1) is 12.3. The van der Waals surface area contributed by atoms with E-state index in [-0.39, 0.29) is 22.6 Å². The molecule has 0 aliphatic carbocycles. The van der Waals surface area contributed by atoms with Crippen LogP contribution in [0.4, 0.5) is 0 Å². The second-order valence-corrected chi connectivity index (χ2v) is 4.76. The quantitative estimate of drug-likeness (QED) is 0.635. The zero-order chi connectivity index (χ0) is 14.4. The molecule has 1 aromatic carbocycles. The number of hydrogen-bond donors (Lipinski definition) is 3. The summed E-state index contributed by atoms with van der Waals surface area (Å²) >= 11 is 0. The maximum atomic E-state index is 11.8. The molecule has 0 atom stereocenters. The van der Waals surface area contributed by atoms with E-state index < -0.39 is 0 Å². The largest absolute Gasteiger partial charge is 0.508 e. The van der Waals surface area contributed by atoms with Crippen molar-refractivity contribution in [3.63, 3.8) is 0 Å². The van der Waals surface area contributed by atoms with E-state index in [0.717, 1.165) is 5.39 Å². The van der Waals surface area contributed by atoms with E-state index in [1.807, 2.05) is 0 Å². The number of H-pyrrole nitrogens is 1. The lowest BCUT2D eigenvalue weighted by Crippen LogP contribution is -2.11. The minimum absolute atomic E-state index is 0.0351. The topological polar surface area (TPSA) is 86.5 Å². The molecule has 0 saturated heterocycles. The second kappa shape index (κ2) is 4.16. The number of aromatic amines is 1. The van der Waals surface area contributed by atoms with Gasteiger partial charge in [-0.2, -0.15) is 0 Å². The Balaban J connectivity index is 2.28. The van der Waals surface area contributed by atoms with Gasteiger partial charge < -0.3 is 19.6 Å². The van der Waals surface area contributed by atoms with E-state index in [9.17, 15) is 15.0 Å². The minimum atomic E-state index is -0.355. The molecular weight excluding hydrogens is 258 g/mol. The summed E-state index contributed by atoms with van der Waals surface area (Å²) in [4.78, 5) is 14.5. The maximum absolute atomic E-state index is 11.8. The van der Waals surface area contributed by atoms with Crippen molar-refractivity contribution in [2.45, 2.75) is 13.8 Å². The summed E-state index contributed by atoms with van der Waals surface area (Å²) in [7, 11) is 0. The van der Waals surface area contributed by atoms with Crippen molar-refractivity contribution in [2.75, 3.05) is 0 Å². The average molecular weight is 271 g/mol. The van der Waals surface area contributed by atoms with E-state index in [1.165, 1.54) is 6.07 Å². The number of rotatable bonds is 1. The van der Waals surface area contributed by atoms with Crippen LogP contribution in [0.25, 0.3) is 22.4 Å². The van der Waals surface area contributed by atoms with Gasteiger partial charge in [0.25, 0.3) is 5.56 Å². The van der Waals surface area contributed by atoms with Crippen LogP contribution in [0.2, 0.25) is 0 Å². The first-order valence-corrected chi connectivity index (χ1v) is 6.12. The third-order valence-corrected chi connectivity index (χ3v) is 3.41. The lowest BCUT2D eigenvalue weighted by atomic mass is 10.1. The van der Waals surface area contributed by atoms with Crippen LogP contribution < -0.4 is 5.56 Å². The Bertz CT molecular complexity index is 873. The molecular formula is C15H13NO4. The highest BCUT2D eigenvalue weighted by molar-refractivity contribution is 5.84. The van der Waals surface area contributed by atoms with Crippen LogP contribution in [0.15, 0.2) is 33.5 Å². The molecule has 5 heteroatoms. The van der Waals surface area contributed by atoms with E-state index in [2.05, 4.69) is 4.98 Å². The first-order valence-electron chi connectivity index (χ1n) is 6.12. The zero-order valence-corrected chi connectivity index (χ0v) is 11.0. The molecule has 102 valence electrons. The molecule has 0 amide bonds. The predicted molar refractivity (Wildman–Crippen MR) is 75.1 cm³/mol. The normalized spacial score (nSPS) is 11.1.